The molecule has 0 saturated carbocycles. The van der Waals surface area contributed by atoms with Crippen LogP contribution < -0.4 is 4.74 Å². The van der Waals surface area contributed by atoms with Crippen LogP contribution >= 0.6 is 11.6 Å². The maximum atomic E-state index is 11.9. The summed E-state index contributed by atoms with van der Waals surface area (Å²) in [5.41, 5.74) is -0.231. The second kappa shape index (κ2) is 5.90. The molecule has 0 aromatic heterocycles. The molecule has 0 atom stereocenters. The van der Waals surface area contributed by atoms with Crippen molar-refractivity contribution in [2.24, 2.45) is 0 Å². The van der Waals surface area contributed by atoms with Gasteiger partial charge in [-0.1, -0.05) is 11.6 Å². The average Bonchev–Trinajstić information content (AvgIpc) is 2.24. The van der Waals surface area contributed by atoms with Crippen molar-refractivity contribution in [1.29, 1.82) is 0 Å². The lowest BCUT2D eigenvalue weighted by Gasteiger charge is -2.09. The van der Waals surface area contributed by atoms with Gasteiger partial charge in [0.05, 0.1) is 22.6 Å². The highest BCUT2D eigenvalue weighted by atomic mass is 35.5. The molecular weight excluding hydrogens is 275 g/mol. The van der Waals surface area contributed by atoms with E-state index >= 15 is 0 Å². The zero-order valence-corrected chi connectivity index (χ0v) is 9.79. The van der Waals surface area contributed by atoms with Gasteiger partial charge in [-0.05, 0) is 12.5 Å². The summed E-state index contributed by atoms with van der Waals surface area (Å²) in [4.78, 5) is 9.84. The van der Waals surface area contributed by atoms with Gasteiger partial charge in [0.25, 0.3) is 5.69 Å². The predicted molar refractivity (Wildman–Crippen MR) is 58.9 cm³/mol. The largest absolute Gasteiger partial charge is 0.492 e. The molecule has 8 heteroatoms. The topological polar surface area (TPSA) is 52.4 Å². The molecule has 0 N–H and O–H groups in total. The van der Waals surface area contributed by atoms with Gasteiger partial charge in [-0.25, -0.2) is 0 Å². The zero-order chi connectivity index (χ0) is 13.8. The van der Waals surface area contributed by atoms with Gasteiger partial charge in [-0.2, -0.15) is 13.2 Å². The Bertz CT molecular complexity index is 437. The van der Waals surface area contributed by atoms with Gasteiger partial charge >= 0.3 is 6.18 Å². The Morgan fingerprint density at radius 2 is 2.06 bits per heavy atom. The fourth-order valence-corrected chi connectivity index (χ4v) is 1.34. The molecule has 1 rings (SSSR count). The maximum absolute atomic E-state index is 11.9. The average molecular weight is 284 g/mol. The summed E-state index contributed by atoms with van der Waals surface area (Å²) in [6.07, 6.45) is -5.45. The van der Waals surface area contributed by atoms with Crippen molar-refractivity contribution in [3.8, 4) is 5.75 Å². The van der Waals surface area contributed by atoms with E-state index in [2.05, 4.69) is 0 Å². The van der Waals surface area contributed by atoms with Crippen LogP contribution in [0.1, 0.15) is 12.8 Å². The number of benzene rings is 1. The molecular formula is C10H9ClF3NO3. The molecule has 1 aromatic rings. The third-order valence-electron chi connectivity index (χ3n) is 1.99. The van der Waals surface area contributed by atoms with E-state index in [1.807, 2.05) is 0 Å². The lowest BCUT2D eigenvalue weighted by Crippen LogP contribution is -2.09. The standard InChI is InChI=1S/C10H9ClF3NO3/c11-8-3-2-7(15(16)17)6-9(8)18-5-1-4-10(12,13)14/h2-3,6H,1,4-5H2. The van der Waals surface area contributed by atoms with Gasteiger partial charge in [0.1, 0.15) is 5.75 Å². The van der Waals surface area contributed by atoms with Crippen molar-refractivity contribution in [3.63, 3.8) is 0 Å². The third kappa shape index (κ3) is 4.79. The first-order valence-corrected chi connectivity index (χ1v) is 5.31. The number of ether oxygens (including phenoxy) is 1. The van der Waals surface area contributed by atoms with Crippen molar-refractivity contribution in [2.75, 3.05) is 6.61 Å². The number of nitro benzene ring substituents is 1. The molecule has 0 bridgehead atoms. The Kier molecular flexibility index (Phi) is 4.77. The van der Waals surface area contributed by atoms with Gasteiger partial charge < -0.3 is 4.74 Å². The van der Waals surface area contributed by atoms with Crippen molar-refractivity contribution >= 4 is 17.3 Å². The number of rotatable bonds is 5. The second-order valence-corrected chi connectivity index (χ2v) is 3.85. The van der Waals surface area contributed by atoms with Crippen molar-refractivity contribution < 1.29 is 22.8 Å². The van der Waals surface area contributed by atoms with E-state index in [4.69, 9.17) is 16.3 Å². The fraction of sp³-hybridized carbons (Fsp3) is 0.400. The quantitative estimate of drug-likeness (QED) is 0.467. The van der Waals surface area contributed by atoms with E-state index in [1.54, 1.807) is 0 Å². The van der Waals surface area contributed by atoms with Gasteiger partial charge in [0.15, 0.2) is 0 Å². The summed E-state index contributed by atoms with van der Waals surface area (Å²) in [5.74, 6) is 0.00745. The third-order valence-corrected chi connectivity index (χ3v) is 2.30. The molecule has 1 aromatic carbocycles. The van der Waals surface area contributed by atoms with E-state index in [1.165, 1.54) is 12.1 Å². The van der Waals surface area contributed by atoms with Crippen molar-refractivity contribution in [2.45, 2.75) is 19.0 Å². The number of nitrogens with zero attached hydrogens (tertiary/aromatic N) is 1. The molecule has 18 heavy (non-hydrogen) atoms. The highest BCUT2D eigenvalue weighted by Crippen LogP contribution is 2.29. The number of hydrogen-bond donors (Lipinski definition) is 0. The predicted octanol–water partition coefficient (Wildman–Crippen LogP) is 3.97. The summed E-state index contributed by atoms with van der Waals surface area (Å²) < 4.78 is 40.6. The van der Waals surface area contributed by atoms with Crippen LogP contribution in [0.25, 0.3) is 0 Å². The van der Waals surface area contributed by atoms with Gasteiger partial charge in [0.2, 0.25) is 0 Å². The lowest BCUT2D eigenvalue weighted by molar-refractivity contribution is -0.384. The Balaban J connectivity index is 2.56. The Morgan fingerprint density at radius 1 is 1.39 bits per heavy atom. The summed E-state index contributed by atoms with van der Waals surface area (Å²) in [6.45, 7) is -0.208. The number of halogens is 4. The van der Waals surface area contributed by atoms with E-state index in [0.29, 0.717) is 0 Å². The second-order valence-electron chi connectivity index (χ2n) is 3.44. The Labute approximate surface area is 105 Å². The molecule has 0 unspecified atom stereocenters. The molecule has 0 spiro atoms. The van der Waals surface area contributed by atoms with E-state index < -0.39 is 17.5 Å². The van der Waals surface area contributed by atoms with E-state index in [9.17, 15) is 23.3 Å². The smallest absolute Gasteiger partial charge is 0.389 e. The van der Waals surface area contributed by atoms with E-state index in [-0.39, 0.29) is 29.5 Å². The molecule has 0 radical (unpaired) electrons. The minimum absolute atomic E-state index is 0.00745. The van der Waals surface area contributed by atoms with Crippen LogP contribution in [-0.4, -0.2) is 17.7 Å². The van der Waals surface area contributed by atoms with Crippen molar-refractivity contribution in [1.82, 2.24) is 0 Å². The molecule has 0 aliphatic heterocycles. The molecule has 4 nitrogen and oxygen atoms in total. The van der Waals surface area contributed by atoms with Crippen LogP contribution in [0.15, 0.2) is 18.2 Å². The number of non-ortho nitro benzene ring substituents is 1. The molecule has 100 valence electrons. The van der Waals surface area contributed by atoms with Crippen LogP contribution in [0, 0.1) is 10.1 Å². The highest BCUT2D eigenvalue weighted by Gasteiger charge is 2.26. The van der Waals surface area contributed by atoms with Gasteiger partial charge in [-0.3, -0.25) is 10.1 Å². The normalized spacial score (nSPS) is 11.3. The molecule has 0 heterocycles. The monoisotopic (exact) mass is 283 g/mol. The Hall–Kier alpha value is -1.50. The summed E-state index contributed by atoms with van der Waals surface area (Å²) in [7, 11) is 0. The fourth-order valence-electron chi connectivity index (χ4n) is 1.17. The van der Waals surface area contributed by atoms with Gasteiger partial charge in [0, 0.05) is 12.5 Å². The van der Waals surface area contributed by atoms with Crippen LogP contribution in [0.2, 0.25) is 5.02 Å². The number of alkyl halides is 3. The first kappa shape index (κ1) is 14.6. The van der Waals surface area contributed by atoms with Crippen molar-refractivity contribution in [3.05, 3.63) is 33.3 Å². The summed E-state index contributed by atoms with van der Waals surface area (Å²) in [5, 5.41) is 10.6. The highest BCUT2D eigenvalue weighted by molar-refractivity contribution is 6.32. The SMILES string of the molecule is O=[N+]([O-])c1ccc(Cl)c(OCCCC(F)(F)F)c1. The number of nitro groups is 1. The molecule has 0 aliphatic rings. The molecule has 0 aliphatic carbocycles. The molecule has 0 amide bonds. The van der Waals surface area contributed by atoms with Gasteiger partial charge in [-0.15, -0.1) is 0 Å². The van der Waals surface area contributed by atoms with Crippen LogP contribution in [-0.2, 0) is 0 Å². The van der Waals surface area contributed by atoms with Crippen LogP contribution in [0.5, 0.6) is 5.75 Å². The zero-order valence-electron chi connectivity index (χ0n) is 9.04. The Morgan fingerprint density at radius 3 is 2.61 bits per heavy atom. The minimum atomic E-state index is -4.24. The van der Waals surface area contributed by atoms with E-state index in [0.717, 1.165) is 6.07 Å². The summed E-state index contributed by atoms with van der Waals surface area (Å²) >= 11 is 5.70. The summed E-state index contributed by atoms with van der Waals surface area (Å²) in [6, 6.07) is 3.53. The van der Waals surface area contributed by atoms with Crippen LogP contribution in [0.3, 0.4) is 0 Å². The maximum Gasteiger partial charge on any atom is 0.389 e. The minimum Gasteiger partial charge on any atom is -0.492 e. The lowest BCUT2D eigenvalue weighted by atomic mass is 10.3. The first-order valence-electron chi connectivity index (χ1n) is 4.93. The molecule has 0 saturated heterocycles. The number of hydrogen-bond acceptors (Lipinski definition) is 3. The molecule has 0 fully saturated rings. The first-order chi connectivity index (χ1) is 8.29. The van der Waals surface area contributed by atoms with Crippen LogP contribution in [0.4, 0.5) is 18.9 Å².